The molecule has 1 N–H and O–H groups in total. The number of methoxy groups -OCH3 is 2. The average Bonchev–Trinajstić information content (AvgIpc) is 3.03. The Hall–Kier alpha value is -1.77. The molecule has 0 bridgehead atoms. The summed E-state index contributed by atoms with van der Waals surface area (Å²) < 4.78 is 18.2. The summed E-state index contributed by atoms with van der Waals surface area (Å²) >= 11 is 0. The number of hydrogen-bond acceptors (Lipinski definition) is 6. The van der Waals surface area contributed by atoms with Crippen LogP contribution in [0.15, 0.2) is 17.4 Å². The molecule has 1 aliphatic rings. The number of H-pyrrole nitrogens is 1. The first kappa shape index (κ1) is 13.2. The van der Waals surface area contributed by atoms with Crippen LogP contribution in [0.25, 0.3) is 11.2 Å². The quantitative estimate of drug-likeness (QED) is 0.852. The van der Waals surface area contributed by atoms with E-state index in [0.29, 0.717) is 24.2 Å². The number of rotatable bonds is 4. The topological polar surface area (TPSA) is 91.3 Å². The summed E-state index contributed by atoms with van der Waals surface area (Å²) in [5.41, 5.74) is 0.551. The van der Waals surface area contributed by atoms with E-state index in [1.54, 1.807) is 25.1 Å². The van der Waals surface area contributed by atoms with Gasteiger partial charge in [0.15, 0.2) is 11.2 Å². The van der Waals surface area contributed by atoms with Crippen molar-refractivity contribution in [2.24, 2.45) is 0 Å². The van der Waals surface area contributed by atoms with Crippen LogP contribution in [-0.2, 0) is 14.2 Å². The molecular weight excluding hydrogens is 264 g/mol. The van der Waals surface area contributed by atoms with Crippen molar-refractivity contribution in [3.8, 4) is 0 Å². The van der Waals surface area contributed by atoms with Crippen LogP contribution in [0.5, 0.6) is 0 Å². The molecule has 3 heterocycles. The molecule has 3 atom stereocenters. The molecule has 0 spiro atoms. The first-order valence-electron chi connectivity index (χ1n) is 6.32. The zero-order valence-corrected chi connectivity index (χ0v) is 11.3. The number of fused-ring (bicyclic) bond motifs is 1. The van der Waals surface area contributed by atoms with Gasteiger partial charge in [-0.15, -0.1) is 0 Å². The lowest BCUT2D eigenvalue weighted by Gasteiger charge is -2.15. The second-order valence-electron chi connectivity index (χ2n) is 4.65. The minimum atomic E-state index is -0.264. The van der Waals surface area contributed by atoms with Crippen molar-refractivity contribution < 1.29 is 14.2 Å². The van der Waals surface area contributed by atoms with Gasteiger partial charge in [-0.05, 0) is 0 Å². The first-order valence-corrected chi connectivity index (χ1v) is 6.32. The highest BCUT2D eigenvalue weighted by Gasteiger charge is 2.37. The first-order chi connectivity index (χ1) is 9.74. The number of aromatic nitrogens is 4. The lowest BCUT2D eigenvalue weighted by atomic mass is 10.2. The maximum absolute atomic E-state index is 11.6. The van der Waals surface area contributed by atoms with Gasteiger partial charge in [0.2, 0.25) is 0 Å². The van der Waals surface area contributed by atoms with Gasteiger partial charge in [0.05, 0.1) is 25.4 Å². The van der Waals surface area contributed by atoms with Gasteiger partial charge in [0, 0.05) is 20.6 Å². The Kier molecular flexibility index (Phi) is 3.51. The SMILES string of the molecule is COCC1O[C@@H](n2cnc3c(=O)[nH]cnc32)C[C@@H]1OC. The fourth-order valence-electron chi connectivity index (χ4n) is 2.51. The van der Waals surface area contributed by atoms with Gasteiger partial charge < -0.3 is 19.2 Å². The summed E-state index contributed by atoms with van der Waals surface area (Å²) in [6.07, 6.45) is 3.12. The predicted octanol–water partition coefficient (Wildman–Crippen LogP) is 0.0685. The highest BCUT2D eigenvalue weighted by Crippen LogP contribution is 2.31. The number of nitrogens with one attached hydrogen (secondary N) is 1. The second-order valence-corrected chi connectivity index (χ2v) is 4.65. The molecule has 1 saturated heterocycles. The molecule has 2 aromatic rings. The Balaban J connectivity index is 1.92. The van der Waals surface area contributed by atoms with Crippen LogP contribution in [-0.4, -0.2) is 52.6 Å². The van der Waals surface area contributed by atoms with Crippen molar-refractivity contribution in [2.75, 3.05) is 20.8 Å². The standard InChI is InChI=1S/C12H16N4O4/c1-18-4-8-7(19-2)3-9(20-8)16-6-15-10-11(16)13-5-14-12(10)17/h5-9H,3-4H2,1-2H3,(H,13,14,17)/t7-,8?,9+/m0/s1. The Morgan fingerprint density at radius 3 is 3.10 bits per heavy atom. The van der Waals surface area contributed by atoms with Gasteiger partial charge in [0.25, 0.3) is 5.56 Å². The number of imidazole rings is 1. The van der Waals surface area contributed by atoms with E-state index in [4.69, 9.17) is 14.2 Å². The smallest absolute Gasteiger partial charge is 0.278 e. The third-order valence-corrected chi connectivity index (χ3v) is 3.49. The van der Waals surface area contributed by atoms with Crippen LogP contribution in [0.4, 0.5) is 0 Å². The molecular formula is C12H16N4O4. The maximum atomic E-state index is 11.6. The van der Waals surface area contributed by atoms with E-state index in [1.165, 1.54) is 6.33 Å². The zero-order valence-electron chi connectivity index (χ0n) is 11.3. The van der Waals surface area contributed by atoms with Crippen LogP contribution in [0.2, 0.25) is 0 Å². The molecule has 0 amide bonds. The second kappa shape index (κ2) is 5.31. The molecule has 8 nitrogen and oxygen atoms in total. The van der Waals surface area contributed by atoms with Gasteiger partial charge in [-0.2, -0.15) is 0 Å². The lowest BCUT2D eigenvalue weighted by Crippen LogP contribution is -2.27. The Morgan fingerprint density at radius 2 is 2.35 bits per heavy atom. The summed E-state index contributed by atoms with van der Waals surface area (Å²) in [7, 11) is 3.27. The molecule has 20 heavy (non-hydrogen) atoms. The van der Waals surface area contributed by atoms with Gasteiger partial charge in [-0.1, -0.05) is 0 Å². The van der Waals surface area contributed by atoms with Crippen molar-refractivity contribution in [1.29, 1.82) is 0 Å². The molecule has 0 radical (unpaired) electrons. The van der Waals surface area contributed by atoms with Crippen LogP contribution in [0.1, 0.15) is 12.6 Å². The summed E-state index contributed by atoms with van der Waals surface area (Å²) in [6.45, 7) is 0.454. The molecule has 1 unspecified atom stereocenters. The van der Waals surface area contributed by atoms with E-state index < -0.39 is 0 Å². The fraction of sp³-hybridized carbons (Fsp3) is 0.583. The van der Waals surface area contributed by atoms with Crippen LogP contribution in [0.3, 0.4) is 0 Å². The van der Waals surface area contributed by atoms with E-state index in [2.05, 4.69) is 15.0 Å². The minimum Gasteiger partial charge on any atom is -0.382 e. The van der Waals surface area contributed by atoms with Crippen molar-refractivity contribution in [3.63, 3.8) is 0 Å². The fourth-order valence-corrected chi connectivity index (χ4v) is 2.51. The van der Waals surface area contributed by atoms with Crippen LogP contribution >= 0.6 is 0 Å². The molecule has 3 rings (SSSR count). The Labute approximate surface area is 114 Å². The largest absolute Gasteiger partial charge is 0.382 e. The van der Waals surface area contributed by atoms with Crippen molar-refractivity contribution in [2.45, 2.75) is 24.9 Å². The van der Waals surface area contributed by atoms with E-state index in [-0.39, 0.29) is 24.0 Å². The van der Waals surface area contributed by atoms with Crippen molar-refractivity contribution >= 4 is 11.2 Å². The minimum absolute atomic E-state index is 0.0561. The molecule has 0 saturated carbocycles. The average molecular weight is 280 g/mol. The number of aromatic amines is 1. The lowest BCUT2D eigenvalue weighted by molar-refractivity contribution is -0.0597. The van der Waals surface area contributed by atoms with Crippen molar-refractivity contribution in [3.05, 3.63) is 23.0 Å². The highest BCUT2D eigenvalue weighted by molar-refractivity contribution is 5.68. The number of hydrogen-bond donors (Lipinski definition) is 1. The van der Waals surface area contributed by atoms with Gasteiger partial charge in [-0.3, -0.25) is 9.36 Å². The molecule has 108 valence electrons. The van der Waals surface area contributed by atoms with Gasteiger partial charge in [-0.25, -0.2) is 9.97 Å². The van der Waals surface area contributed by atoms with E-state index in [0.717, 1.165) is 0 Å². The maximum Gasteiger partial charge on any atom is 0.278 e. The monoisotopic (exact) mass is 280 g/mol. The summed E-state index contributed by atoms with van der Waals surface area (Å²) in [5, 5.41) is 0. The van der Waals surface area contributed by atoms with Crippen LogP contribution < -0.4 is 5.56 Å². The molecule has 0 aliphatic carbocycles. The third kappa shape index (κ3) is 2.11. The van der Waals surface area contributed by atoms with Gasteiger partial charge in [0.1, 0.15) is 12.3 Å². The molecule has 0 aromatic carbocycles. The zero-order chi connectivity index (χ0) is 14.1. The van der Waals surface area contributed by atoms with Crippen molar-refractivity contribution in [1.82, 2.24) is 19.5 Å². The summed E-state index contributed by atoms with van der Waals surface area (Å²) in [5.74, 6) is 0. The molecule has 1 aliphatic heterocycles. The van der Waals surface area contributed by atoms with Gasteiger partial charge >= 0.3 is 0 Å². The Morgan fingerprint density at radius 1 is 1.50 bits per heavy atom. The van der Waals surface area contributed by atoms with E-state index in [1.807, 2.05) is 0 Å². The summed E-state index contributed by atoms with van der Waals surface area (Å²) in [4.78, 5) is 22.4. The van der Waals surface area contributed by atoms with E-state index >= 15 is 0 Å². The summed E-state index contributed by atoms with van der Waals surface area (Å²) in [6, 6.07) is 0. The predicted molar refractivity (Wildman–Crippen MR) is 69.3 cm³/mol. The Bertz CT molecular complexity index is 652. The number of ether oxygens (including phenoxy) is 3. The molecule has 8 heteroatoms. The number of nitrogens with zero attached hydrogens (tertiary/aromatic N) is 3. The third-order valence-electron chi connectivity index (χ3n) is 3.49. The molecule has 2 aromatic heterocycles. The molecule has 1 fully saturated rings. The van der Waals surface area contributed by atoms with Crippen LogP contribution in [0, 0.1) is 0 Å². The normalized spacial score (nSPS) is 26.4. The highest BCUT2D eigenvalue weighted by atomic mass is 16.6. The van der Waals surface area contributed by atoms with E-state index in [9.17, 15) is 4.79 Å².